The summed E-state index contributed by atoms with van der Waals surface area (Å²) in [4.78, 5) is 24.6. The minimum Gasteiger partial charge on any atom is -0.493 e. The van der Waals surface area contributed by atoms with Gasteiger partial charge >= 0.3 is 0 Å². The second-order valence-corrected chi connectivity index (χ2v) is 5.93. The lowest BCUT2D eigenvalue weighted by atomic mass is 10.2. The van der Waals surface area contributed by atoms with Crippen LogP contribution in [0.4, 0.5) is 0 Å². The highest BCUT2D eigenvalue weighted by Gasteiger charge is 2.14. The van der Waals surface area contributed by atoms with Gasteiger partial charge in [-0.15, -0.1) is 0 Å². The number of carbonyl (C=O) groups is 2. The summed E-state index contributed by atoms with van der Waals surface area (Å²) >= 11 is 0. The second kappa shape index (κ2) is 8.90. The number of aromatic nitrogens is 2. The fraction of sp³-hybridized carbons (Fsp3) is 0.250. The van der Waals surface area contributed by atoms with E-state index in [1.807, 2.05) is 31.2 Å². The number of ether oxygens (including phenoxy) is 2. The standard InChI is InChI=1S/C20H22N4O4/c1-3-28-16-9-8-13(12-17(16)27-2)19(25)21-10-11-22-20(26)18-14-6-4-5-7-15(14)23-24-18/h4-9,12H,3,10-11H2,1-2H3,(H,21,25)(H,22,26)(H,23,24). The molecule has 0 atom stereocenters. The number of para-hydroxylation sites is 1. The fourth-order valence-electron chi connectivity index (χ4n) is 2.76. The number of fused-ring (bicyclic) bond motifs is 1. The Kier molecular flexibility index (Phi) is 6.11. The molecule has 3 aromatic rings. The highest BCUT2D eigenvalue weighted by atomic mass is 16.5. The molecule has 0 spiro atoms. The van der Waals surface area contributed by atoms with Crippen LogP contribution in [-0.4, -0.2) is 48.8 Å². The van der Waals surface area contributed by atoms with E-state index in [-0.39, 0.29) is 24.9 Å². The number of carbonyl (C=O) groups excluding carboxylic acids is 2. The number of aromatic amines is 1. The predicted octanol–water partition coefficient (Wildman–Crippen LogP) is 2.13. The number of benzene rings is 2. The molecular formula is C20H22N4O4. The number of hydrogen-bond acceptors (Lipinski definition) is 5. The minimum absolute atomic E-state index is 0.263. The first-order chi connectivity index (χ1) is 13.6. The van der Waals surface area contributed by atoms with Gasteiger partial charge < -0.3 is 20.1 Å². The number of nitrogens with zero attached hydrogens (tertiary/aromatic N) is 1. The molecule has 2 aromatic carbocycles. The number of rotatable bonds is 8. The van der Waals surface area contributed by atoms with Crippen LogP contribution >= 0.6 is 0 Å². The number of amides is 2. The third kappa shape index (κ3) is 4.22. The summed E-state index contributed by atoms with van der Waals surface area (Å²) in [5.74, 6) is 0.517. The van der Waals surface area contributed by atoms with Gasteiger partial charge in [-0.1, -0.05) is 18.2 Å². The van der Waals surface area contributed by atoms with Crippen LogP contribution in [0.2, 0.25) is 0 Å². The normalized spacial score (nSPS) is 10.5. The van der Waals surface area contributed by atoms with Crippen LogP contribution in [-0.2, 0) is 0 Å². The molecule has 3 rings (SSSR count). The van der Waals surface area contributed by atoms with Gasteiger partial charge in [0.1, 0.15) is 0 Å². The van der Waals surface area contributed by atoms with Crippen molar-refractivity contribution in [1.29, 1.82) is 0 Å². The van der Waals surface area contributed by atoms with Gasteiger partial charge in [0.05, 0.1) is 19.2 Å². The SMILES string of the molecule is CCOc1ccc(C(=O)NCCNC(=O)c2n[nH]c3ccccc23)cc1OC. The van der Waals surface area contributed by atoms with Crippen molar-refractivity contribution in [2.75, 3.05) is 26.8 Å². The predicted molar refractivity (Wildman–Crippen MR) is 105 cm³/mol. The van der Waals surface area contributed by atoms with Crippen molar-refractivity contribution in [1.82, 2.24) is 20.8 Å². The van der Waals surface area contributed by atoms with Crippen molar-refractivity contribution >= 4 is 22.7 Å². The molecule has 0 radical (unpaired) electrons. The van der Waals surface area contributed by atoms with Crippen LogP contribution < -0.4 is 20.1 Å². The van der Waals surface area contributed by atoms with Gasteiger partial charge in [-0.05, 0) is 31.2 Å². The van der Waals surface area contributed by atoms with Gasteiger partial charge in [-0.2, -0.15) is 5.10 Å². The monoisotopic (exact) mass is 382 g/mol. The van der Waals surface area contributed by atoms with Gasteiger partial charge in [-0.3, -0.25) is 14.7 Å². The first-order valence-electron chi connectivity index (χ1n) is 8.94. The smallest absolute Gasteiger partial charge is 0.272 e. The van der Waals surface area contributed by atoms with Crippen LogP contribution in [0.15, 0.2) is 42.5 Å². The Bertz CT molecular complexity index is 983. The van der Waals surface area contributed by atoms with E-state index in [4.69, 9.17) is 9.47 Å². The maximum absolute atomic E-state index is 12.3. The summed E-state index contributed by atoms with van der Waals surface area (Å²) in [6.07, 6.45) is 0. The molecule has 8 heteroatoms. The molecule has 0 fully saturated rings. The highest BCUT2D eigenvalue weighted by Crippen LogP contribution is 2.27. The van der Waals surface area contributed by atoms with E-state index in [0.29, 0.717) is 29.4 Å². The average Bonchev–Trinajstić information content (AvgIpc) is 3.15. The second-order valence-electron chi connectivity index (χ2n) is 5.93. The number of hydrogen-bond donors (Lipinski definition) is 3. The van der Waals surface area contributed by atoms with Crippen molar-refractivity contribution in [2.24, 2.45) is 0 Å². The third-order valence-corrected chi connectivity index (χ3v) is 4.11. The van der Waals surface area contributed by atoms with Crippen LogP contribution in [0.3, 0.4) is 0 Å². The third-order valence-electron chi connectivity index (χ3n) is 4.11. The lowest BCUT2D eigenvalue weighted by Gasteiger charge is -2.11. The highest BCUT2D eigenvalue weighted by molar-refractivity contribution is 6.04. The molecule has 0 unspecified atom stereocenters. The Labute approximate surface area is 162 Å². The molecule has 0 saturated heterocycles. The number of methoxy groups -OCH3 is 1. The van der Waals surface area contributed by atoms with Gasteiger partial charge in [0.15, 0.2) is 17.2 Å². The molecule has 0 aliphatic carbocycles. The van der Waals surface area contributed by atoms with Crippen LogP contribution in [0.5, 0.6) is 11.5 Å². The summed E-state index contributed by atoms with van der Waals surface area (Å²) in [5.41, 5.74) is 1.58. The van der Waals surface area contributed by atoms with Crippen molar-refractivity contribution in [2.45, 2.75) is 6.92 Å². The Morgan fingerprint density at radius 1 is 1.04 bits per heavy atom. The Balaban J connectivity index is 1.52. The molecule has 0 aliphatic heterocycles. The first kappa shape index (κ1) is 19.2. The van der Waals surface area contributed by atoms with Crippen molar-refractivity contribution in [3.8, 4) is 11.5 Å². The summed E-state index contributed by atoms with van der Waals surface area (Å²) in [5, 5.41) is 13.1. The first-order valence-corrected chi connectivity index (χ1v) is 8.94. The van der Waals surface area contributed by atoms with Gasteiger partial charge in [0, 0.05) is 24.0 Å². The van der Waals surface area contributed by atoms with Crippen LogP contribution in [0.25, 0.3) is 10.9 Å². The fourth-order valence-corrected chi connectivity index (χ4v) is 2.76. The summed E-state index contributed by atoms with van der Waals surface area (Å²) in [6, 6.07) is 12.4. The largest absolute Gasteiger partial charge is 0.493 e. The van der Waals surface area contributed by atoms with Crippen LogP contribution in [0.1, 0.15) is 27.8 Å². The number of nitrogens with one attached hydrogen (secondary N) is 3. The van der Waals surface area contributed by atoms with E-state index in [1.165, 1.54) is 7.11 Å². The average molecular weight is 382 g/mol. The zero-order valence-corrected chi connectivity index (χ0v) is 15.7. The minimum atomic E-state index is -0.297. The van der Waals surface area contributed by atoms with E-state index >= 15 is 0 Å². The molecule has 1 heterocycles. The zero-order valence-electron chi connectivity index (χ0n) is 15.7. The molecular weight excluding hydrogens is 360 g/mol. The molecule has 28 heavy (non-hydrogen) atoms. The quantitative estimate of drug-likeness (QED) is 0.518. The lowest BCUT2D eigenvalue weighted by molar-refractivity contribution is 0.0925. The van der Waals surface area contributed by atoms with Crippen molar-refractivity contribution < 1.29 is 19.1 Å². The van der Waals surface area contributed by atoms with Crippen molar-refractivity contribution in [3.63, 3.8) is 0 Å². The van der Waals surface area contributed by atoms with Gasteiger partial charge in [0.25, 0.3) is 11.8 Å². The Morgan fingerprint density at radius 2 is 1.79 bits per heavy atom. The Hall–Kier alpha value is -3.55. The van der Waals surface area contributed by atoms with E-state index in [2.05, 4.69) is 20.8 Å². The molecule has 1 aromatic heterocycles. The molecule has 2 amide bonds. The Morgan fingerprint density at radius 3 is 2.54 bits per heavy atom. The zero-order chi connectivity index (χ0) is 19.9. The molecule has 8 nitrogen and oxygen atoms in total. The lowest BCUT2D eigenvalue weighted by Crippen LogP contribution is -2.34. The molecule has 146 valence electrons. The molecule has 3 N–H and O–H groups in total. The maximum atomic E-state index is 12.3. The molecule has 0 bridgehead atoms. The van der Waals surface area contributed by atoms with E-state index in [0.717, 1.165) is 10.9 Å². The van der Waals surface area contributed by atoms with Crippen LogP contribution in [0, 0.1) is 0 Å². The van der Waals surface area contributed by atoms with E-state index in [1.54, 1.807) is 18.2 Å². The summed E-state index contributed by atoms with van der Waals surface area (Å²) in [7, 11) is 1.52. The maximum Gasteiger partial charge on any atom is 0.272 e. The van der Waals surface area contributed by atoms with Gasteiger partial charge in [0.2, 0.25) is 0 Å². The van der Waals surface area contributed by atoms with E-state index < -0.39 is 0 Å². The van der Waals surface area contributed by atoms with Crippen molar-refractivity contribution in [3.05, 3.63) is 53.7 Å². The molecule has 0 aliphatic rings. The molecule has 0 saturated carbocycles. The topological polar surface area (TPSA) is 105 Å². The summed E-state index contributed by atoms with van der Waals surface area (Å²) < 4.78 is 10.7. The van der Waals surface area contributed by atoms with Gasteiger partial charge in [-0.25, -0.2) is 0 Å². The number of H-pyrrole nitrogens is 1. The summed E-state index contributed by atoms with van der Waals surface area (Å²) in [6.45, 7) is 2.94. The van der Waals surface area contributed by atoms with E-state index in [9.17, 15) is 9.59 Å².